The smallest absolute Gasteiger partial charge is 0.229 e. The van der Waals surface area contributed by atoms with Gasteiger partial charge in [-0.25, -0.2) is 4.98 Å². The third-order valence-electron chi connectivity index (χ3n) is 5.64. The highest BCUT2D eigenvalue weighted by molar-refractivity contribution is 7.22. The minimum absolute atomic E-state index is 0.0681. The summed E-state index contributed by atoms with van der Waals surface area (Å²) in [5.74, 6) is 0.328. The summed E-state index contributed by atoms with van der Waals surface area (Å²) < 4.78 is 1.19. The zero-order valence-corrected chi connectivity index (χ0v) is 18.1. The maximum atomic E-state index is 12.9. The lowest BCUT2D eigenvalue weighted by Gasteiger charge is -2.43. The van der Waals surface area contributed by atoms with Crippen LogP contribution in [0.25, 0.3) is 10.2 Å². The van der Waals surface area contributed by atoms with Gasteiger partial charge in [-0.05, 0) is 30.3 Å². The Morgan fingerprint density at radius 3 is 2.45 bits per heavy atom. The van der Waals surface area contributed by atoms with E-state index in [1.807, 2.05) is 41.3 Å². The first kappa shape index (κ1) is 19.0. The van der Waals surface area contributed by atoms with Crippen molar-refractivity contribution in [3.8, 4) is 0 Å². The van der Waals surface area contributed by atoms with E-state index in [1.54, 1.807) is 11.3 Å². The zero-order valence-electron chi connectivity index (χ0n) is 15.7. The summed E-state index contributed by atoms with van der Waals surface area (Å²) in [6.45, 7) is 4.58. The van der Waals surface area contributed by atoms with Crippen LogP contribution in [0.4, 0.5) is 10.8 Å². The third kappa shape index (κ3) is 3.65. The molecule has 150 valence electrons. The van der Waals surface area contributed by atoms with Crippen molar-refractivity contribution in [1.29, 1.82) is 0 Å². The fraction of sp³-hybridized carbons (Fsp3) is 0.333. The number of halogens is 2. The molecule has 0 unspecified atom stereocenters. The number of rotatable bonds is 3. The molecule has 3 heterocycles. The number of hydrogen-bond acceptors (Lipinski definition) is 5. The first-order chi connectivity index (χ1) is 14.1. The van der Waals surface area contributed by atoms with Crippen LogP contribution in [0.1, 0.15) is 0 Å². The Balaban J connectivity index is 1.16. The normalized spacial score (nSPS) is 17.7. The van der Waals surface area contributed by atoms with Crippen molar-refractivity contribution in [2.75, 3.05) is 49.1 Å². The monoisotopic (exact) mass is 446 g/mol. The zero-order chi connectivity index (χ0) is 20.0. The van der Waals surface area contributed by atoms with E-state index in [2.05, 4.69) is 15.9 Å². The second kappa shape index (κ2) is 7.67. The fourth-order valence-corrected chi connectivity index (χ4v) is 5.19. The second-order valence-corrected chi connectivity index (χ2v) is 9.30. The van der Waals surface area contributed by atoms with Crippen LogP contribution in [-0.2, 0) is 4.79 Å². The van der Waals surface area contributed by atoms with Gasteiger partial charge in [0.2, 0.25) is 5.91 Å². The van der Waals surface area contributed by atoms with E-state index in [4.69, 9.17) is 28.2 Å². The number of anilines is 2. The molecule has 29 heavy (non-hydrogen) atoms. The van der Waals surface area contributed by atoms with Crippen molar-refractivity contribution >= 4 is 61.5 Å². The number of aromatic nitrogens is 1. The number of fused-ring (bicyclic) bond motifs is 1. The van der Waals surface area contributed by atoms with Crippen LogP contribution in [0.5, 0.6) is 0 Å². The van der Waals surface area contributed by atoms with Gasteiger partial charge < -0.3 is 14.7 Å². The SMILES string of the molecule is O=C(C1CN(c2nc3ccccc3s2)C1)N1CCN(c2ccc(Cl)c(Cl)c2)CC1. The number of carbonyl (C=O) groups excluding carboxylic acids is 1. The topological polar surface area (TPSA) is 39.7 Å². The molecular formula is C21H20Cl2N4OS. The fourth-order valence-electron chi connectivity index (χ4n) is 3.91. The lowest BCUT2D eigenvalue weighted by atomic mass is 9.99. The van der Waals surface area contributed by atoms with Gasteiger partial charge in [-0.3, -0.25) is 4.79 Å². The van der Waals surface area contributed by atoms with Crippen LogP contribution in [0, 0.1) is 5.92 Å². The lowest BCUT2D eigenvalue weighted by Crippen LogP contribution is -2.58. The van der Waals surface area contributed by atoms with Gasteiger partial charge in [0.25, 0.3) is 0 Å². The van der Waals surface area contributed by atoms with Crippen molar-refractivity contribution < 1.29 is 4.79 Å². The number of para-hydroxylation sites is 1. The predicted molar refractivity (Wildman–Crippen MR) is 121 cm³/mol. The van der Waals surface area contributed by atoms with Crippen LogP contribution in [0.3, 0.4) is 0 Å². The average molecular weight is 447 g/mol. The third-order valence-corrected chi connectivity index (χ3v) is 7.48. The summed E-state index contributed by atoms with van der Waals surface area (Å²) in [7, 11) is 0. The molecule has 0 bridgehead atoms. The Labute approximate surface area is 183 Å². The molecule has 0 aliphatic carbocycles. The first-order valence-electron chi connectivity index (χ1n) is 9.68. The summed E-state index contributed by atoms with van der Waals surface area (Å²) in [6.07, 6.45) is 0. The highest BCUT2D eigenvalue weighted by Gasteiger charge is 2.37. The Hall–Kier alpha value is -2.02. The quantitative estimate of drug-likeness (QED) is 0.597. The summed E-state index contributed by atoms with van der Waals surface area (Å²) in [5.41, 5.74) is 2.08. The summed E-state index contributed by atoms with van der Waals surface area (Å²) in [4.78, 5) is 24.0. The average Bonchev–Trinajstić information content (AvgIpc) is 3.12. The highest BCUT2D eigenvalue weighted by atomic mass is 35.5. The Morgan fingerprint density at radius 2 is 1.72 bits per heavy atom. The summed E-state index contributed by atoms with van der Waals surface area (Å²) in [5, 5.41) is 2.14. The second-order valence-electron chi connectivity index (χ2n) is 7.48. The highest BCUT2D eigenvalue weighted by Crippen LogP contribution is 2.33. The lowest BCUT2D eigenvalue weighted by molar-refractivity contribution is -0.136. The number of hydrogen-bond donors (Lipinski definition) is 0. The Morgan fingerprint density at radius 1 is 0.966 bits per heavy atom. The molecule has 2 aliphatic rings. The van der Waals surface area contributed by atoms with E-state index in [-0.39, 0.29) is 11.8 Å². The number of benzene rings is 2. The van der Waals surface area contributed by atoms with E-state index in [1.165, 1.54) is 4.70 Å². The maximum absolute atomic E-state index is 12.9. The van der Waals surface area contributed by atoms with Crippen LogP contribution in [0.2, 0.25) is 10.0 Å². The van der Waals surface area contributed by atoms with Gasteiger partial charge in [0.1, 0.15) is 0 Å². The molecule has 1 aromatic heterocycles. The predicted octanol–water partition coefficient (Wildman–Crippen LogP) is 4.39. The van der Waals surface area contributed by atoms with Crippen molar-refractivity contribution in [3.63, 3.8) is 0 Å². The largest absolute Gasteiger partial charge is 0.368 e. The summed E-state index contributed by atoms with van der Waals surface area (Å²) >= 11 is 13.8. The molecule has 2 aliphatic heterocycles. The van der Waals surface area contributed by atoms with Gasteiger partial charge in [0, 0.05) is 45.0 Å². The van der Waals surface area contributed by atoms with Crippen molar-refractivity contribution in [1.82, 2.24) is 9.88 Å². The van der Waals surface area contributed by atoms with E-state index in [0.717, 1.165) is 55.6 Å². The standard InChI is InChI=1S/C21H20Cl2N4OS/c22-16-6-5-15(11-17(16)23)25-7-9-26(10-8-25)20(28)14-12-27(13-14)21-24-18-3-1-2-4-19(18)29-21/h1-6,11,14H,7-10,12-13H2. The van der Waals surface area contributed by atoms with E-state index in [9.17, 15) is 4.79 Å². The van der Waals surface area contributed by atoms with Gasteiger partial charge in [-0.1, -0.05) is 46.7 Å². The number of amides is 1. The van der Waals surface area contributed by atoms with E-state index in [0.29, 0.717) is 10.0 Å². The van der Waals surface area contributed by atoms with Crippen molar-refractivity contribution in [2.24, 2.45) is 5.92 Å². The van der Waals surface area contributed by atoms with Gasteiger partial charge in [0.15, 0.2) is 5.13 Å². The van der Waals surface area contributed by atoms with Gasteiger partial charge in [-0.15, -0.1) is 0 Å². The minimum Gasteiger partial charge on any atom is -0.368 e. The van der Waals surface area contributed by atoms with Gasteiger partial charge >= 0.3 is 0 Å². The number of thiazole rings is 1. The van der Waals surface area contributed by atoms with Crippen LogP contribution in [0.15, 0.2) is 42.5 Å². The van der Waals surface area contributed by atoms with Crippen LogP contribution in [-0.4, -0.2) is 55.1 Å². The molecule has 5 nitrogen and oxygen atoms in total. The molecule has 8 heteroatoms. The Kier molecular flexibility index (Phi) is 5.02. The van der Waals surface area contributed by atoms with Gasteiger partial charge in [-0.2, -0.15) is 0 Å². The van der Waals surface area contributed by atoms with Gasteiger partial charge in [0.05, 0.1) is 26.2 Å². The molecule has 0 saturated carbocycles. The molecule has 0 atom stereocenters. The number of carbonyl (C=O) groups is 1. The minimum atomic E-state index is 0.0681. The van der Waals surface area contributed by atoms with Crippen molar-refractivity contribution in [3.05, 3.63) is 52.5 Å². The maximum Gasteiger partial charge on any atom is 0.229 e. The molecule has 1 amide bonds. The molecule has 0 radical (unpaired) electrons. The number of piperazine rings is 1. The Bertz CT molecular complexity index is 1020. The molecular weight excluding hydrogens is 427 g/mol. The van der Waals surface area contributed by atoms with Crippen molar-refractivity contribution in [2.45, 2.75) is 0 Å². The van der Waals surface area contributed by atoms with E-state index >= 15 is 0 Å². The molecule has 0 N–H and O–H groups in total. The molecule has 2 saturated heterocycles. The molecule has 3 aromatic rings. The van der Waals surface area contributed by atoms with Crippen LogP contribution < -0.4 is 9.80 Å². The summed E-state index contributed by atoms with van der Waals surface area (Å²) in [6, 6.07) is 13.9. The number of nitrogens with zero attached hydrogens (tertiary/aromatic N) is 4. The van der Waals surface area contributed by atoms with Crippen LogP contribution >= 0.6 is 34.5 Å². The molecule has 5 rings (SSSR count). The molecule has 0 spiro atoms. The molecule has 2 fully saturated rings. The molecule has 2 aromatic carbocycles. The first-order valence-corrected chi connectivity index (χ1v) is 11.2. The van der Waals surface area contributed by atoms with E-state index < -0.39 is 0 Å².